The third-order valence-corrected chi connectivity index (χ3v) is 3.87. The molecule has 0 unspecified atom stereocenters. The first-order valence-corrected chi connectivity index (χ1v) is 7.31. The lowest BCUT2D eigenvalue weighted by atomic mass is 9.94. The van der Waals surface area contributed by atoms with Crippen LogP contribution in [0.3, 0.4) is 0 Å². The van der Waals surface area contributed by atoms with E-state index in [0.717, 1.165) is 11.6 Å². The molecule has 0 aromatic heterocycles. The standard InChI is InChI=1S/C17H16F3N3O/c1-10-2-3-11(7-15(10)21)13-5-4-12(6-14(13)17(18,19)20)16-8-24-9-22-23-16/h2-7,22H,8-9,21H2,1H3. The molecule has 1 aliphatic rings. The SMILES string of the molecule is Cc1ccc(-c2ccc(C3=NNCOC3)cc2C(F)(F)F)cc1N. The average Bonchev–Trinajstić information content (AvgIpc) is 2.57. The van der Waals surface area contributed by atoms with E-state index in [-0.39, 0.29) is 18.9 Å². The zero-order chi connectivity index (χ0) is 17.3. The van der Waals surface area contributed by atoms with Gasteiger partial charge in [0.05, 0.1) is 17.9 Å². The fourth-order valence-corrected chi connectivity index (χ4v) is 2.52. The zero-order valence-corrected chi connectivity index (χ0v) is 12.9. The van der Waals surface area contributed by atoms with Gasteiger partial charge in [-0.05, 0) is 35.7 Å². The van der Waals surface area contributed by atoms with Crippen molar-refractivity contribution < 1.29 is 17.9 Å². The lowest BCUT2D eigenvalue weighted by Crippen LogP contribution is -2.26. The highest BCUT2D eigenvalue weighted by molar-refractivity contribution is 6.02. The first kappa shape index (κ1) is 16.3. The summed E-state index contributed by atoms with van der Waals surface area (Å²) in [6, 6.07) is 9.05. The predicted octanol–water partition coefficient (Wildman–Crippen LogP) is 3.54. The van der Waals surface area contributed by atoms with Gasteiger partial charge < -0.3 is 10.5 Å². The number of hydrogen-bond donors (Lipinski definition) is 2. The number of nitrogen functional groups attached to an aromatic ring is 1. The maximum Gasteiger partial charge on any atom is 0.417 e. The van der Waals surface area contributed by atoms with E-state index >= 15 is 0 Å². The van der Waals surface area contributed by atoms with Gasteiger partial charge in [-0.3, -0.25) is 5.43 Å². The minimum absolute atomic E-state index is 0.0863. The van der Waals surface area contributed by atoms with Crippen LogP contribution in [-0.4, -0.2) is 19.0 Å². The lowest BCUT2D eigenvalue weighted by Gasteiger charge is -2.18. The highest BCUT2D eigenvalue weighted by Crippen LogP contribution is 2.38. The molecule has 0 amide bonds. The number of benzene rings is 2. The largest absolute Gasteiger partial charge is 0.417 e. The number of nitrogens with zero attached hydrogens (tertiary/aromatic N) is 1. The smallest absolute Gasteiger partial charge is 0.398 e. The number of alkyl halides is 3. The molecule has 0 saturated heterocycles. The number of ether oxygens (including phenoxy) is 1. The fourth-order valence-electron chi connectivity index (χ4n) is 2.52. The molecule has 2 aromatic rings. The van der Waals surface area contributed by atoms with Crippen molar-refractivity contribution in [1.29, 1.82) is 0 Å². The van der Waals surface area contributed by atoms with E-state index in [0.29, 0.717) is 22.5 Å². The van der Waals surface area contributed by atoms with Gasteiger partial charge in [0.15, 0.2) is 0 Å². The number of halogens is 3. The van der Waals surface area contributed by atoms with Crippen molar-refractivity contribution in [2.75, 3.05) is 19.1 Å². The molecule has 7 heteroatoms. The van der Waals surface area contributed by atoms with Crippen LogP contribution in [0.15, 0.2) is 41.5 Å². The molecule has 2 aromatic carbocycles. The van der Waals surface area contributed by atoms with Crippen LogP contribution in [0.25, 0.3) is 11.1 Å². The second-order valence-corrected chi connectivity index (χ2v) is 5.54. The minimum atomic E-state index is -4.49. The van der Waals surface area contributed by atoms with Crippen molar-refractivity contribution in [3.63, 3.8) is 0 Å². The van der Waals surface area contributed by atoms with E-state index < -0.39 is 11.7 Å². The highest BCUT2D eigenvalue weighted by atomic mass is 19.4. The summed E-state index contributed by atoms with van der Waals surface area (Å²) < 4.78 is 45.8. The minimum Gasteiger partial charge on any atom is -0.398 e. The number of rotatable bonds is 2. The number of anilines is 1. The summed E-state index contributed by atoms with van der Waals surface area (Å²) in [5.74, 6) is 0. The molecule has 1 aliphatic heterocycles. The van der Waals surface area contributed by atoms with Crippen molar-refractivity contribution in [3.05, 3.63) is 53.1 Å². The zero-order valence-electron chi connectivity index (χ0n) is 12.9. The van der Waals surface area contributed by atoms with E-state index in [4.69, 9.17) is 10.5 Å². The number of hydrogen-bond acceptors (Lipinski definition) is 4. The van der Waals surface area contributed by atoms with Crippen LogP contribution in [-0.2, 0) is 10.9 Å². The second kappa shape index (κ2) is 6.16. The van der Waals surface area contributed by atoms with Crippen molar-refractivity contribution in [2.24, 2.45) is 5.10 Å². The lowest BCUT2D eigenvalue weighted by molar-refractivity contribution is -0.137. The Morgan fingerprint density at radius 2 is 1.88 bits per heavy atom. The van der Waals surface area contributed by atoms with Gasteiger partial charge in [0.25, 0.3) is 0 Å². The monoisotopic (exact) mass is 335 g/mol. The van der Waals surface area contributed by atoms with Gasteiger partial charge in [0.1, 0.15) is 6.73 Å². The summed E-state index contributed by atoms with van der Waals surface area (Å²) in [5.41, 5.74) is 10.3. The molecular weight excluding hydrogens is 319 g/mol. The Bertz CT molecular complexity index is 800. The number of aryl methyl sites for hydroxylation is 1. The molecule has 126 valence electrons. The molecule has 0 aliphatic carbocycles. The molecule has 0 radical (unpaired) electrons. The predicted molar refractivity (Wildman–Crippen MR) is 86.5 cm³/mol. The summed E-state index contributed by atoms with van der Waals surface area (Å²) in [6.45, 7) is 2.22. The molecule has 0 spiro atoms. The van der Waals surface area contributed by atoms with Crippen LogP contribution in [0.2, 0.25) is 0 Å². The third-order valence-electron chi connectivity index (χ3n) is 3.87. The number of nitrogens with two attached hydrogens (primary N) is 1. The molecule has 24 heavy (non-hydrogen) atoms. The van der Waals surface area contributed by atoms with E-state index in [9.17, 15) is 13.2 Å². The highest BCUT2D eigenvalue weighted by Gasteiger charge is 2.34. The van der Waals surface area contributed by atoms with Gasteiger partial charge in [0, 0.05) is 11.3 Å². The van der Waals surface area contributed by atoms with Crippen LogP contribution < -0.4 is 11.2 Å². The van der Waals surface area contributed by atoms with Gasteiger partial charge in [-0.1, -0.05) is 24.3 Å². The molecule has 0 atom stereocenters. The first-order chi connectivity index (χ1) is 11.4. The van der Waals surface area contributed by atoms with Gasteiger partial charge in [-0.2, -0.15) is 18.3 Å². The Hall–Kier alpha value is -2.54. The van der Waals surface area contributed by atoms with Crippen molar-refractivity contribution in [2.45, 2.75) is 13.1 Å². The van der Waals surface area contributed by atoms with E-state index in [1.165, 1.54) is 6.07 Å². The Morgan fingerprint density at radius 1 is 1.12 bits per heavy atom. The summed E-state index contributed by atoms with van der Waals surface area (Å²) in [7, 11) is 0. The van der Waals surface area contributed by atoms with Gasteiger partial charge in [-0.15, -0.1) is 0 Å². The molecule has 3 N–H and O–H groups in total. The molecule has 0 fully saturated rings. The first-order valence-electron chi connectivity index (χ1n) is 7.31. The Balaban J connectivity index is 2.12. The molecule has 0 saturated carbocycles. The summed E-state index contributed by atoms with van der Waals surface area (Å²) in [6.07, 6.45) is -4.49. The van der Waals surface area contributed by atoms with Crippen molar-refractivity contribution >= 4 is 11.4 Å². The Labute approximate surface area is 137 Å². The quantitative estimate of drug-likeness (QED) is 0.825. The summed E-state index contributed by atoms with van der Waals surface area (Å²) in [4.78, 5) is 0. The van der Waals surface area contributed by atoms with Gasteiger partial charge in [-0.25, -0.2) is 0 Å². The maximum atomic E-state index is 13.5. The molecule has 4 nitrogen and oxygen atoms in total. The van der Waals surface area contributed by atoms with E-state index in [2.05, 4.69) is 10.5 Å². The van der Waals surface area contributed by atoms with Crippen LogP contribution >= 0.6 is 0 Å². The van der Waals surface area contributed by atoms with Crippen LogP contribution in [0.1, 0.15) is 16.7 Å². The van der Waals surface area contributed by atoms with Crippen molar-refractivity contribution in [3.8, 4) is 11.1 Å². The normalized spacial score (nSPS) is 14.9. The summed E-state index contributed by atoms with van der Waals surface area (Å²) >= 11 is 0. The second-order valence-electron chi connectivity index (χ2n) is 5.54. The summed E-state index contributed by atoms with van der Waals surface area (Å²) in [5, 5.41) is 4.01. The maximum absolute atomic E-state index is 13.5. The Morgan fingerprint density at radius 3 is 2.50 bits per heavy atom. The molecule has 3 rings (SSSR count). The fraction of sp³-hybridized carbons (Fsp3) is 0.235. The van der Waals surface area contributed by atoms with E-state index in [1.54, 1.807) is 31.2 Å². The van der Waals surface area contributed by atoms with Crippen LogP contribution in [0.5, 0.6) is 0 Å². The van der Waals surface area contributed by atoms with Gasteiger partial charge >= 0.3 is 6.18 Å². The van der Waals surface area contributed by atoms with Crippen molar-refractivity contribution in [1.82, 2.24) is 5.43 Å². The topological polar surface area (TPSA) is 59.6 Å². The average molecular weight is 335 g/mol. The molecular formula is C17H16F3N3O. The Kier molecular flexibility index (Phi) is 4.19. The van der Waals surface area contributed by atoms with Crippen LogP contribution in [0.4, 0.5) is 18.9 Å². The van der Waals surface area contributed by atoms with E-state index in [1.807, 2.05) is 0 Å². The molecule has 1 heterocycles. The molecule has 0 bridgehead atoms. The third kappa shape index (κ3) is 3.21. The number of nitrogens with one attached hydrogen (secondary N) is 1. The van der Waals surface area contributed by atoms with Gasteiger partial charge in [0.2, 0.25) is 0 Å². The number of hydrazone groups is 1. The van der Waals surface area contributed by atoms with Crippen LogP contribution in [0, 0.1) is 6.92 Å².